The molecule has 0 aliphatic heterocycles. The maximum absolute atomic E-state index is 11.9. The average molecular weight is 480 g/mol. The minimum atomic E-state index is -3.35. The highest BCUT2D eigenvalue weighted by molar-refractivity contribution is 7.52. The molecule has 30 heavy (non-hydrogen) atoms. The minimum Gasteiger partial charge on any atom is -0.454 e. The predicted molar refractivity (Wildman–Crippen MR) is 111 cm³/mol. The number of ether oxygens (including phenoxy) is 1. The van der Waals surface area contributed by atoms with Gasteiger partial charge in [0.2, 0.25) is 0 Å². The van der Waals surface area contributed by atoms with Gasteiger partial charge in [0, 0.05) is 38.0 Å². The Hall–Kier alpha value is -2.43. The van der Waals surface area contributed by atoms with Crippen LogP contribution in [-0.2, 0) is 13.6 Å². The highest BCUT2D eigenvalue weighted by atomic mass is 35.5. The summed E-state index contributed by atoms with van der Waals surface area (Å²) in [6, 6.07) is 5.86. The first-order valence-corrected chi connectivity index (χ1v) is 10.9. The molecule has 0 aromatic heterocycles. The molecule has 2 unspecified atom stereocenters. The van der Waals surface area contributed by atoms with Gasteiger partial charge in [0.25, 0.3) is 11.4 Å². The molecule has 0 aliphatic carbocycles. The lowest BCUT2D eigenvalue weighted by Gasteiger charge is -2.20. The fraction of sp³-hybridized carbons (Fsp3) is 0.250. The van der Waals surface area contributed by atoms with Crippen molar-refractivity contribution in [2.24, 2.45) is 0 Å². The van der Waals surface area contributed by atoms with Crippen LogP contribution in [0, 0.1) is 20.2 Å². The number of hydrogen-bond acceptors (Lipinski definition) is 9. The third kappa shape index (κ3) is 6.04. The predicted octanol–water partition coefficient (Wildman–Crippen LogP) is 5.85. The molecule has 14 heteroatoms. The summed E-state index contributed by atoms with van der Waals surface area (Å²) in [5.41, 5.74) is -0.631. The molecule has 2 atom stereocenters. The van der Waals surface area contributed by atoms with Crippen LogP contribution in [0.3, 0.4) is 0 Å². The Balaban J connectivity index is 2.35. The van der Waals surface area contributed by atoms with Gasteiger partial charge in [0.05, 0.1) is 19.9 Å². The Morgan fingerprint density at radius 3 is 2.20 bits per heavy atom. The van der Waals surface area contributed by atoms with Crippen molar-refractivity contribution in [3.8, 4) is 11.5 Å². The molecule has 0 fully saturated rings. The summed E-state index contributed by atoms with van der Waals surface area (Å²) in [4.78, 5) is 20.9. The first kappa shape index (κ1) is 23.8. The first-order valence-electron chi connectivity index (χ1n) is 8.11. The zero-order chi connectivity index (χ0) is 22.6. The normalized spacial score (nSPS) is 13.9. The summed E-state index contributed by atoms with van der Waals surface area (Å²) >= 11 is 12.0. The number of nitrogens with one attached hydrogen (secondary N) is 1. The minimum absolute atomic E-state index is 0.00439. The smallest absolute Gasteiger partial charge is 0.329 e. The van der Waals surface area contributed by atoms with Crippen LogP contribution in [0.15, 0.2) is 30.3 Å². The zero-order valence-corrected chi connectivity index (χ0v) is 18.2. The van der Waals surface area contributed by atoms with Crippen LogP contribution >= 0.6 is 30.8 Å². The lowest BCUT2D eigenvalue weighted by molar-refractivity contribution is -0.384. The topological polar surface area (TPSA) is 143 Å². The summed E-state index contributed by atoms with van der Waals surface area (Å²) in [7, 11) is -2.14. The van der Waals surface area contributed by atoms with Gasteiger partial charge in [-0.25, -0.2) is 0 Å². The summed E-state index contributed by atoms with van der Waals surface area (Å²) in [5, 5.41) is 24.7. The summed E-state index contributed by atoms with van der Waals surface area (Å²) in [5.74, 6) is 0.0323. The molecule has 1 N–H and O–H groups in total. The van der Waals surface area contributed by atoms with Gasteiger partial charge in [0.1, 0.15) is 17.7 Å². The fourth-order valence-corrected chi connectivity index (χ4v) is 3.56. The molecule has 2 aromatic carbocycles. The standard InChI is InChI=1S/C16H16Cl2N3O8P/c1-9(29-30(3,26)27-2)19-14-8-11(4-5-15(14)21(24)25)28-16-12(17)6-10(20(22)23)7-13(16)18/h4-9,19H,1-3H3. The second-order valence-corrected chi connectivity index (χ2v) is 8.81. The van der Waals surface area contributed by atoms with Gasteiger partial charge in [-0.3, -0.25) is 29.3 Å². The molecular formula is C16H16Cl2N3O8P. The number of nitrogens with zero attached hydrogens (tertiary/aromatic N) is 2. The van der Waals surface area contributed by atoms with Crippen molar-refractivity contribution < 1.29 is 28.2 Å². The number of anilines is 1. The number of benzene rings is 2. The highest BCUT2D eigenvalue weighted by Crippen LogP contribution is 2.45. The SMILES string of the molecule is COP(C)(=O)OC(C)Nc1cc(Oc2c(Cl)cc([N+](=O)[O-])cc2Cl)ccc1[N+](=O)[O-]. The van der Waals surface area contributed by atoms with Crippen molar-refractivity contribution in [3.63, 3.8) is 0 Å². The van der Waals surface area contributed by atoms with E-state index in [0.717, 1.165) is 12.1 Å². The summed E-state index contributed by atoms with van der Waals surface area (Å²) in [6.45, 7) is 2.73. The van der Waals surface area contributed by atoms with Gasteiger partial charge < -0.3 is 14.6 Å². The van der Waals surface area contributed by atoms with E-state index in [4.69, 9.17) is 37.0 Å². The molecule has 0 heterocycles. The largest absolute Gasteiger partial charge is 0.454 e. The van der Waals surface area contributed by atoms with E-state index < -0.39 is 23.7 Å². The van der Waals surface area contributed by atoms with Crippen molar-refractivity contribution >= 4 is 47.9 Å². The number of hydrogen-bond donors (Lipinski definition) is 1. The van der Waals surface area contributed by atoms with Gasteiger partial charge in [0.15, 0.2) is 5.75 Å². The Morgan fingerprint density at radius 2 is 1.70 bits per heavy atom. The van der Waals surface area contributed by atoms with Crippen LogP contribution in [0.5, 0.6) is 11.5 Å². The van der Waals surface area contributed by atoms with E-state index >= 15 is 0 Å². The quantitative estimate of drug-likeness (QED) is 0.202. The van der Waals surface area contributed by atoms with Gasteiger partial charge in [-0.05, 0) is 13.0 Å². The van der Waals surface area contributed by atoms with E-state index in [1.54, 1.807) is 0 Å². The van der Waals surface area contributed by atoms with E-state index in [1.807, 2.05) is 0 Å². The Labute approximate surface area is 180 Å². The molecule has 11 nitrogen and oxygen atoms in total. The third-order valence-electron chi connectivity index (χ3n) is 3.62. The zero-order valence-electron chi connectivity index (χ0n) is 15.8. The number of halogens is 2. The van der Waals surface area contributed by atoms with Crippen LogP contribution in [0.25, 0.3) is 0 Å². The van der Waals surface area contributed by atoms with Gasteiger partial charge in [-0.15, -0.1) is 0 Å². The molecular weight excluding hydrogens is 464 g/mol. The van der Waals surface area contributed by atoms with Crippen molar-refractivity contribution in [2.75, 3.05) is 19.1 Å². The van der Waals surface area contributed by atoms with Crippen molar-refractivity contribution in [2.45, 2.75) is 13.2 Å². The van der Waals surface area contributed by atoms with E-state index in [1.165, 1.54) is 38.9 Å². The van der Waals surface area contributed by atoms with Crippen LogP contribution < -0.4 is 10.1 Å². The average Bonchev–Trinajstić information content (AvgIpc) is 2.63. The number of non-ortho nitro benzene ring substituents is 1. The van der Waals surface area contributed by atoms with Crippen LogP contribution in [0.4, 0.5) is 17.1 Å². The van der Waals surface area contributed by atoms with Crippen molar-refractivity contribution in [1.29, 1.82) is 0 Å². The second kappa shape index (κ2) is 9.59. The first-order chi connectivity index (χ1) is 13.9. The molecule has 0 spiro atoms. The van der Waals surface area contributed by atoms with Crippen molar-refractivity contribution in [1.82, 2.24) is 0 Å². The van der Waals surface area contributed by atoms with Gasteiger partial charge in [-0.2, -0.15) is 0 Å². The molecule has 0 aliphatic rings. The molecule has 162 valence electrons. The molecule has 2 rings (SSSR count). The second-order valence-electron chi connectivity index (χ2n) is 5.88. The third-order valence-corrected chi connectivity index (χ3v) is 5.54. The summed E-state index contributed by atoms with van der Waals surface area (Å²) < 4.78 is 27.5. The molecule has 0 saturated heterocycles. The van der Waals surface area contributed by atoms with Gasteiger partial charge >= 0.3 is 7.60 Å². The number of nitro benzene ring substituents is 2. The molecule has 0 amide bonds. The molecule has 0 saturated carbocycles. The lowest BCUT2D eigenvalue weighted by Crippen LogP contribution is -2.18. The number of rotatable bonds is 9. The monoisotopic (exact) mass is 479 g/mol. The van der Waals surface area contributed by atoms with E-state index in [2.05, 4.69) is 5.32 Å². The maximum atomic E-state index is 11.9. The van der Waals surface area contributed by atoms with E-state index in [0.29, 0.717) is 0 Å². The Kier molecular flexibility index (Phi) is 7.62. The lowest BCUT2D eigenvalue weighted by atomic mass is 10.2. The van der Waals surface area contributed by atoms with Gasteiger partial charge in [-0.1, -0.05) is 23.2 Å². The molecule has 0 bridgehead atoms. The molecule has 2 aromatic rings. The Bertz CT molecular complexity index is 1010. The van der Waals surface area contributed by atoms with E-state index in [-0.39, 0.29) is 38.6 Å². The van der Waals surface area contributed by atoms with Crippen molar-refractivity contribution in [3.05, 3.63) is 60.6 Å². The van der Waals surface area contributed by atoms with Crippen LogP contribution in [-0.4, -0.2) is 29.8 Å². The van der Waals surface area contributed by atoms with Crippen LogP contribution in [0.1, 0.15) is 6.92 Å². The summed E-state index contributed by atoms with van der Waals surface area (Å²) in [6.07, 6.45) is -0.915. The van der Waals surface area contributed by atoms with E-state index in [9.17, 15) is 24.8 Å². The highest BCUT2D eigenvalue weighted by Gasteiger charge is 2.23. The van der Waals surface area contributed by atoms with Crippen LogP contribution in [0.2, 0.25) is 10.0 Å². The molecule has 0 radical (unpaired) electrons. The fourth-order valence-electron chi connectivity index (χ4n) is 2.30. The maximum Gasteiger partial charge on any atom is 0.329 e. The Morgan fingerprint density at radius 1 is 1.10 bits per heavy atom. The number of nitro groups is 2.